The minimum atomic E-state index is -0.201. The molecule has 0 saturated heterocycles. The average Bonchev–Trinajstić information content (AvgIpc) is 2.65. The van der Waals surface area contributed by atoms with Crippen molar-refractivity contribution in [3.8, 4) is 11.3 Å². The highest BCUT2D eigenvalue weighted by atomic mass is 32.1. The van der Waals surface area contributed by atoms with Crippen LogP contribution in [0.25, 0.3) is 11.3 Å². The van der Waals surface area contributed by atoms with Crippen molar-refractivity contribution in [3.05, 3.63) is 34.9 Å². The highest BCUT2D eigenvalue weighted by Crippen LogP contribution is 2.23. The predicted molar refractivity (Wildman–Crippen MR) is 67.3 cm³/mol. The summed E-state index contributed by atoms with van der Waals surface area (Å²) in [5.74, 6) is 0. The average molecular weight is 233 g/mol. The maximum Gasteiger partial charge on any atom is 0.0950 e. The molecule has 4 heteroatoms. The predicted octanol–water partition coefficient (Wildman–Crippen LogP) is 2.48. The van der Waals surface area contributed by atoms with Crippen LogP contribution >= 0.6 is 11.3 Å². The maximum atomic E-state index is 5.97. The topological polar surface area (TPSA) is 51.8 Å². The number of hydrogen-bond acceptors (Lipinski definition) is 4. The van der Waals surface area contributed by atoms with Crippen molar-refractivity contribution < 1.29 is 0 Å². The molecule has 0 atom stereocenters. The molecular weight excluding hydrogens is 218 g/mol. The lowest BCUT2D eigenvalue weighted by molar-refractivity contribution is 0.515. The normalized spacial score (nSPS) is 11.7. The van der Waals surface area contributed by atoms with Crippen LogP contribution in [0.15, 0.2) is 29.9 Å². The van der Waals surface area contributed by atoms with Gasteiger partial charge >= 0.3 is 0 Å². The lowest BCUT2D eigenvalue weighted by atomic mass is 10.0. The number of nitrogens with two attached hydrogens (primary N) is 1. The minimum absolute atomic E-state index is 0.201. The molecule has 0 aliphatic heterocycles. The number of hydrogen-bond donors (Lipinski definition) is 1. The number of rotatable bonds is 3. The monoisotopic (exact) mass is 233 g/mol. The van der Waals surface area contributed by atoms with Crippen molar-refractivity contribution in [1.29, 1.82) is 0 Å². The van der Waals surface area contributed by atoms with E-state index in [0.717, 1.165) is 22.7 Å². The van der Waals surface area contributed by atoms with Gasteiger partial charge in [0.05, 0.1) is 10.7 Å². The van der Waals surface area contributed by atoms with Gasteiger partial charge in [0.1, 0.15) is 0 Å². The molecule has 0 bridgehead atoms. The van der Waals surface area contributed by atoms with Crippen molar-refractivity contribution in [2.45, 2.75) is 25.8 Å². The third-order valence-corrected chi connectivity index (χ3v) is 2.98. The molecule has 2 rings (SSSR count). The first-order chi connectivity index (χ1) is 7.54. The first kappa shape index (κ1) is 11.2. The van der Waals surface area contributed by atoms with Gasteiger partial charge in [0.15, 0.2) is 0 Å². The van der Waals surface area contributed by atoms with Crippen LogP contribution in [0.1, 0.15) is 18.9 Å². The highest BCUT2D eigenvalue weighted by molar-refractivity contribution is 7.09. The zero-order valence-electron chi connectivity index (χ0n) is 9.47. The Morgan fingerprint density at radius 2 is 2.00 bits per heavy atom. The van der Waals surface area contributed by atoms with Crippen LogP contribution in [-0.4, -0.2) is 15.5 Å². The molecule has 84 valence electrons. The van der Waals surface area contributed by atoms with E-state index >= 15 is 0 Å². The lowest BCUT2D eigenvalue weighted by Crippen LogP contribution is -2.34. The number of aromatic nitrogens is 2. The number of nitrogens with zero attached hydrogens (tertiary/aromatic N) is 2. The minimum Gasteiger partial charge on any atom is -0.325 e. The molecule has 0 unspecified atom stereocenters. The zero-order valence-corrected chi connectivity index (χ0v) is 10.3. The van der Waals surface area contributed by atoms with E-state index in [9.17, 15) is 0 Å². The summed E-state index contributed by atoms with van der Waals surface area (Å²) in [6.45, 7) is 4.03. The van der Waals surface area contributed by atoms with Crippen molar-refractivity contribution >= 4 is 11.3 Å². The van der Waals surface area contributed by atoms with Gasteiger partial charge in [-0.3, -0.25) is 4.98 Å². The van der Waals surface area contributed by atoms with E-state index in [1.54, 1.807) is 23.7 Å². The second-order valence-corrected chi connectivity index (χ2v) is 5.47. The summed E-state index contributed by atoms with van der Waals surface area (Å²) in [7, 11) is 0. The molecule has 2 N–H and O–H groups in total. The van der Waals surface area contributed by atoms with Gasteiger partial charge in [0, 0.05) is 35.3 Å². The van der Waals surface area contributed by atoms with Gasteiger partial charge in [-0.05, 0) is 26.0 Å². The van der Waals surface area contributed by atoms with Gasteiger partial charge in [-0.25, -0.2) is 4.98 Å². The van der Waals surface area contributed by atoms with E-state index in [1.165, 1.54) is 0 Å². The molecule has 0 amide bonds. The molecule has 0 fully saturated rings. The molecule has 3 nitrogen and oxygen atoms in total. The summed E-state index contributed by atoms with van der Waals surface area (Å²) in [6.07, 6.45) is 4.37. The third kappa shape index (κ3) is 2.87. The van der Waals surface area contributed by atoms with Gasteiger partial charge in [-0.2, -0.15) is 0 Å². The molecule has 2 heterocycles. The largest absolute Gasteiger partial charge is 0.325 e. The first-order valence-corrected chi connectivity index (χ1v) is 6.06. The molecule has 2 aromatic rings. The number of thiazole rings is 1. The Morgan fingerprint density at radius 1 is 1.31 bits per heavy atom. The van der Waals surface area contributed by atoms with E-state index in [0.29, 0.717) is 0 Å². The Balaban J connectivity index is 2.21. The molecule has 0 aromatic carbocycles. The van der Waals surface area contributed by atoms with Gasteiger partial charge < -0.3 is 5.73 Å². The van der Waals surface area contributed by atoms with Gasteiger partial charge in [0.2, 0.25) is 0 Å². The van der Waals surface area contributed by atoms with Gasteiger partial charge in [-0.15, -0.1) is 11.3 Å². The van der Waals surface area contributed by atoms with Gasteiger partial charge in [0.25, 0.3) is 0 Å². The Hall–Kier alpha value is -1.26. The van der Waals surface area contributed by atoms with Crippen molar-refractivity contribution in [3.63, 3.8) is 0 Å². The molecule has 0 saturated carbocycles. The second kappa shape index (κ2) is 4.31. The summed E-state index contributed by atoms with van der Waals surface area (Å²) in [5, 5.41) is 3.15. The van der Waals surface area contributed by atoms with E-state index in [-0.39, 0.29) is 5.54 Å². The van der Waals surface area contributed by atoms with Crippen molar-refractivity contribution in [1.82, 2.24) is 9.97 Å². The molecular formula is C12H15N3S. The standard InChI is InChI=1S/C12H15N3S/c1-12(2,13)7-11-15-10(8-16-11)9-3-5-14-6-4-9/h3-6,8H,7,13H2,1-2H3. The second-order valence-electron chi connectivity index (χ2n) is 4.53. The molecule has 0 spiro atoms. The zero-order chi connectivity index (χ0) is 11.6. The molecule has 0 radical (unpaired) electrons. The number of pyridine rings is 1. The van der Waals surface area contributed by atoms with Crippen LogP contribution < -0.4 is 5.73 Å². The van der Waals surface area contributed by atoms with E-state index in [4.69, 9.17) is 5.73 Å². The summed E-state index contributed by atoms with van der Waals surface area (Å²) in [4.78, 5) is 8.57. The fourth-order valence-electron chi connectivity index (χ4n) is 1.44. The Bertz CT molecular complexity index is 457. The van der Waals surface area contributed by atoms with Crippen molar-refractivity contribution in [2.75, 3.05) is 0 Å². The van der Waals surface area contributed by atoms with Crippen LogP contribution in [0.5, 0.6) is 0 Å². The first-order valence-electron chi connectivity index (χ1n) is 5.18. The highest BCUT2D eigenvalue weighted by Gasteiger charge is 2.14. The quantitative estimate of drug-likeness (QED) is 0.886. The molecule has 2 aromatic heterocycles. The van der Waals surface area contributed by atoms with E-state index < -0.39 is 0 Å². The summed E-state index contributed by atoms with van der Waals surface area (Å²) in [6, 6.07) is 3.93. The maximum absolute atomic E-state index is 5.97. The molecule has 0 aliphatic carbocycles. The van der Waals surface area contributed by atoms with Crippen LogP contribution in [0.2, 0.25) is 0 Å². The molecule has 0 aliphatic rings. The third-order valence-electron chi connectivity index (χ3n) is 2.13. The van der Waals surface area contributed by atoms with Crippen molar-refractivity contribution in [2.24, 2.45) is 5.73 Å². The summed E-state index contributed by atoms with van der Waals surface area (Å²) >= 11 is 1.66. The Labute approximate surface area is 99.4 Å². The fourth-order valence-corrected chi connectivity index (χ4v) is 2.48. The van der Waals surface area contributed by atoms with Crippen LogP contribution in [0.3, 0.4) is 0 Å². The SMILES string of the molecule is CC(C)(N)Cc1nc(-c2ccncc2)cs1. The molecule has 16 heavy (non-hydrogen) atoms. The lowest BCUT2D eigenvalue weighted by Gasteiger charge is -2.15. The smallest absolute Gasteiger partial charge is 0.0950 e. The Kier molecular flexibility index (Phi) is 3.03. The van der Waals surface area contributed by atoms with E-state index in [1.807, 2.05) is 26.0 Å². The Morgan fingerprint density at radius 3 is 2.62 bits per heavy atom. The van der Waals surface area contributed by atoms with Crippen LogP contribution in [0, 0.1) is 0 Å². The van der Waals surface area contributed by atoms with Crippen LogP contribution in [0.4, 0.5) is 0 Å². The fraction of sp³-hybridized carbons (Fsp3) is 0.333. The van der Waals surface area contributed by atoms with E-state index in [2.05, 4.69) is 15.3 Å². The summed E-state index contributed by atoms with van der Waals surface area (Å²) < 4.78 is 0. The summed E-state index contributed by atoms with van der Waals surface area (Å²) in [5.41, 5.74) is 7.88. The van der Waals surface area contributed by atoms with Crippen LogP contribution in [-0.2, 0) is 6.42 Å². The van der Waals surface area contributed by atoms with Gasteiger partial charge in [-0.1, -0.05) is 0 Å².